The summed E-state index contributed by atoms with van der Waals surface area (Å²) >= 11 is 9.70. The minimum absolute atomic E-state index is 0. The van der Waals surface area contributed by atoms with Crippen LogP contribution in [0.1, 0.15) is 19.4 Å². The van der Waals surface area contributed by atoms with Crippen LogP contribution in [-0.4, -0.2) is 25.6 Å². The van der Waals surface area contributed by atoms with Crippen LogP contribution in [0.15, 0.2) is 141 Å². The molecule has 41 heavy (non-hydrogen) atoms. The molecule has 0 spiro atoms. The van der Waals surface area contributed by atoms with Crippen LogP contribution in [0.25, 0.3) is 6.08 Å². The summed E-state index contributed by atoms with van der Waals surface area (Å²) in [7, 11) is 3.31. The molecule has 213 valence electrons. The van der Waals surface area contributed by atoms with Crippen LogP contribution in [0.3, 0.4) is 0 Å². The largest absolute Gasteiger partial charge is 2.00 e. The molecule has 0 atom stereocenters. The van der Waals surface area contributed by atoms with Gasteiger partial charge in [0.05, 0.1) is 25.6 Å². The van der Waals surface area contributed by atoms with Gasteiger partial charge in [-0.2, -0.15) is 9.79 Å². The Labute approximate surface area is 265 Å². The van der Waals surface area contributed by atoms with Gasteiger partial charge in [0.15, 0.2) is 0 Å². The number of allylic oxidation sites excluding steroid dienone is 3. The molecule has 0 aromatic heterocycles. The van der Waals surface area contributed by atoms with Crippen molar-refractivity contribution in [3.8, 4) is 11.5 Å². The predicted molar refractivity (Wildman–Crippen MR) is 173 cm³/mol. The van der Waals surface area contributed by atoms with E-state index in [9.17, 15) is 0 Å². The van der Waals surface area contributed by atoms with Crippen molar-refractivity contribution in [1.82, 2.24) is 0 Å². The van der Waals surface area contributed by atoms with Gasteiger partial charge in [0.2, 0.25) is 0 Å². The third kappa shape index (κ3) is 11.3. The first kappa shape index (κ1) is 33.5. The molecule has 0 saturated carbocycles. The Balaban J connectivity index is 0.000000563. The number of aliphatic imine (C=N–C) groups is 2. The molecule has 0 fully saturated rings. The number of hydrogen-bond donors (Lipinski definition) is 0. The third-order valence-corrected chi connectivity index (χ3v) is 6.56. The molecule has 4 aromatic carbocycles. The minimum atomic E-state index is 0. The van der Waals surface area contributed by atoms with Crippen molar-refractivity contribution in [2.24, 2.45) is 9.98 Å². The molecular weight excluding hydrogens is 596 g/mol. The van der Waals surface area contributed by atoms with Gasteiger partial charge in [0.25, 0.3) is 0 Å². The molecule has 4 rings (SSSR count). The fourth-order valence-corrected chi connectivity index (χ4v) is 3.89. The molecule has 1 radical (unpaired) electrons. The van der Waals surface area contributed by atoms with Crippen molar-refractivity contribution in [3.63, 3.8) is 0 Å². The maximum atomic E-state index is 5.24. The zero-order chi connectivity index (χ0) is 28.7. The molecular formula is C34H32CuN2O2S2. The smallest absolute Gasteiger partial charge is 0.781 e. The molecule has 7 heteroatoms. The summed E-state index contributed by atoms with van der Waals surface area (Å²) in [5.41, 5.74) is 5.57. The molecule has 0 amide bonds. The first-order valence-electron chi connectivity index (χ1n) is 12.7. The van der Waals surface area contributed by atoms with Crippen LogP contribution in [0.2, 0.25) is 0 Å². The van der Waals surface area contributed by atoms with Crippen molar-refractivity contribution in [3.05, 3.63) is 126 Å². The summed E-state index contributed by atoms with van der Waals surface area (Å²) in [4.78, 5) is 11.1. The summed E-state index contributed by atoms with van der Waals surface area (Å²) < 4.78 is 10.5. The SMILES string of the molecule is COc1ccc(N=C(C)C(=C/C=C/c2ccccc2)C(C)=Nc2ccc(OC)cc2)cc1.[Cu+2].[S-]c1ccccc1[S-]. The Morgan fingerprint density at radius 1 is 0.610 bits per heavy atom. The van der Waals surface area contributed by atoms with Crippen molar-refractivity contribution in [2.75, 3.05) is 14.2 Å². The molecule has 0 bridgehead atoms. The van der Waals surface area contributed by atoms with E-state index in [-0.39, 0.29) is 17.1 Å². The zero-order valence-corrected chi connectivity index (χ0v) is 26.0. The standard InChI is InChI=1S/C28H28N2O2.C6H6S2.Cu/c1-21(29-24-13-17-26(31-3)18-14-24)28(12-8-11-23-9-6-5-7-10-23)22(2)30-25-15-19-27(32-4)20-16-25;7-5-3-1-2-4-6(5)8;/h5-20H,1-4H3;1-4,7-8H;/q;;+2/p-2/b11-8+,28-12?,29-21?,30-22?;;. The summed E-state index contributed by atoms with van der Waals surface area (Å²) in [6, 6.07) is 33.0. The first-order valence-corrected chi connectivity index (χ1v) is 13.5. The number of benzene rings is 4. The van der Waals surface area contributed by atoms with E-state index in [1.165, 1.54) is 0 Å². The molecule has 0 unspecified atom stereocenters. The number of methoxy groups -OCH3 is 2. The summed E-state index contributed by atoms with van der Waals surface area (Å²) in [6.45, 7) is 4.00. The number of ether oxygens (including phenoxy) is 2. The number of nitrogens with zero attached hydrogens (tertiary/aromatic N) is 2. The van der Waals surface area contributed by atoms with E-state index in [1.807, 2.05) is 111 Å². The normalized spacial score (nSPS) is 11.1. The van der Waals surface area contributed by atoms with Crippen LogP contribution in [0.5, 0.6) is 11.5 Å². The van der Waals surface area contributed by atoms with Gasteiger partial charge < -0.3 is 34.7 Å². The molecule has 0 N–H and O–H groups in total. The quantitative estimate of drug-likeness (QED) is 0.0848. The van der Waals surface area contributed by atoms with Gasteiger partial charge in [-0.3, -0.25) is 9.98 Å². The Morgan fingerprint density at radius 3 is 1.41 bits per heavy atom. The Morgan fingerprint density at radius 2 is 1.02 bits per heavy atom. The van der Waals surface area contributed by atoms with Gasteiger partial charge in [0, 0.05) is 17.0 Å². The Kier molecular flexibility index (Phi) is 14.6. The van der Waals surface area contributed by atoms with E-state index in [4.69, 9.17) is 44.7 Å². The molecule has 4 nitrogen and oxygen atoms in total. The number of hydrogen-bond acceptors (Lipinski definition) is 6. The van der Waals surface area contributed by atoms with E-state index < -0.39 is 0 Å². The maximum absolute atomic E-state index is 5.24. The van der Waals surface area contributed by atoms with E-state index in [0.717, 1.165) is 55.2 Å². The average Bonchev–Trinajstić information content (AvgIpc) is 2.98. The molecule has 0 aliphatic carbocycles. The van der Waals surface area contributed by atoms with E-state index in [0.29, 0.717) is 0 Å². The molecule has 0 heterocycles. The summed E-state index contributed by atoms with van der Waals surface area (Å²) in [5, 5.41) is 0. The van der Waals surface area contributed by atoms with Gasteiger partial charge in [-0.05, 0) is 67.9 Å². The van der Waals surface area contributed by atoms with Crippen LogP contribution in [-0.2, 0) is 42.3 Å². The van der Waals surface area contributed by atoms with Crippen LogP contribution < -0.4 is 9.47 Å². The monoisotopic (exact) mass is 627 g/mol. The summed E-state index contributed by atoms with van der Waals surface area (Å²) in [6.07, 6.45) is 6.16. The fraction of sp³-hybridized carbons (Fsp3) is 0.118. The average molecular weight is 628 g/mol. The van der Waals surface area contributed by atoms with Crippen molar-refractivity contribution >= 4 is 54.1 Å². The second-order valence-electron chi connectivity index (χ2n) is 8.59. The first-order chi connectivity index (χ1) is 19.4. The molecule has 0 aliphatic heterocycles. The molecule has 0 aliphatic rings. The van der Waals surface area contributed by atoms with Crippen molar-refractivity contribution < 1.29 is 26.5 Å². The topological polar surface area (TPSA) is 43.2 Å². The Bertz CT molecular complexity index is 1400. The maximum Gasteiger partial charge on any atom is 2.00 e. The minimum Gasteiger partial charge on any atom is -0.781 e. The van der Waals surface area contributed by atoms with Gasteiger partial charge >= 0.3 is 17.1 Å². The van der Waals surface area contributed by atoms with E-state index in [2.05, 4.69) is 24.3 Å². The second kappa shape index (κ2) is 17.8. The Hall–Kier alpha value is -3.74. The van der Waals surface area contributed by atoms with Crippen molar-refractivity contribution in [1.29, 1.82) is 0 Å². The predicted octanol–water partition coefficient (Wildman–Crippen LogP) is 8.72. The van der Waals surface area contributed by atoms with Crippen LogP contribution in [0.4, 0.5) is 11.4 Å². The number of rotatable bonds is 8. The van der Waals surface area contributed by atoms with Gasteiger partial charge in [-0.25, -0.2) is 0 Å². The fourth-order valence-electron chi connectivity index (χ4n) is 3.59. The van der Waals surface area contributed by atoms with Gasteiger partial charge in [0.1, 0.15) is 11.5 Å². The summed E-state index contributed by atoms with van der Waals surface area (Å²) in [5.74, 6) is 1.61. The zero-order valence-electron chi connectivity index (χ0n) is 23.4. The molecule has 0 saturated heterocycles. The van der Waals surface area contributed by atoms with Gasteiger partial charge in [-0.1, -0.05) is 72.8 Å². The van der Waals surface area contributed by atoms with Crippen LogP contribution >= 0.6 is 0 Å². The van der Waals surface area contributed by atoms with Gasteiger partial charge in [-0.15, -0.1) is 0 Å². The van der Waals surface area contributed by atoms with E-state index in [1.54, 1.807) is 14.2 Å². The van der Waals surface area contributed by atoms with E-state index >= 15 is 0 Å². The molecule has 4 aromatic rings. The van der Waals surface area contributed by atoms with Crippen LogP contribution in [0, 0.1) is 0 Å². The third-order valence-electron chi connectivity index (χ3n) is 5.72. The van der Waals surface area contributed by atoms with Crippen molar-refractivity contribution in [2.45, 2.75) is 23.6 Å². The second-order valence-corrected chi connectivity index (χ2v) is 9.47.